The average molecular weight is 252 g/mol. The van der Waals surface area contributed by atoms with Crippen LogP contribution < -0.4 is 4.74 Å². The van der Waals surface area contributed by atoms with Gasteiger partial charge < -0.3 is 14.9 Å². The number of methoxy groups -OCH3 is 1. The van der Waals surface area contributed by atoms with E-state index in [-0.39, 0.29) is 12.8 Å². The van der Waals surface area contributed by atoms with E-state index in [0.717, 1.165) is 17.7 Å². The Labute approximate surface area is 107 Å². The number of carbonyl (C=O) groups is 1. The van der Waals surface area contributed by atoms with E-state index in [4.69, 9.17) is 9.84 Å². The zero-order valence-corrected chi connectivity index (χ0v) is 10.8. The Morgan fingerprint density at radius 1 is 1.33 bits per heavy atom. The van der Waals surface area contributed by atoms with Crippen molar-refractivity contribution in [2.45, 2.75) is 38.2 Å². The zero-order chi connectivity index (χ0) is 13.6. The second-order valence-electron chi connectivity index (χ2n) is 4.39. The third-order valence-electron chi connectivity index (χ3n) is 3.20. The van der Waals surface area contributed by atoms with Gasteiger partial charge in [0.25, 0.3) is 0 Å². The molecule has 0 heterocycles. The molecule has 0 unspecified atom stereocenters. The maximum Gasteiger partial charge on any atom is 0.335 e. The molecule has 1 atom stereocenters. The van der Waals surface area contributed by atoms with Crippen molar-refractivity contribution in [3.63, 3.8) is 0 Å². The number of hydrogen-bond donors (Lipinski definition) is 2. The fraction of sp³-hybridized carbons (Fsp3) is 0.500. The summed E-state index contributed by atoms with van der Waals surface area (Å²) >= 11 is 0. The highest BCUT2D eigenvalue weighted by Gasteiger charge is 2.32. The lowest BCUT2D eigenvalue weighted by atomic mass is 9.93. The summed E-state index contributed by atoms with van der Waals surface area (Å²) in [6.45, 7) is 1.68. The van der Waals surface area contributed by atoms with Gasteiger partial charge in [0, 0.05) is 0 Å². The number of aliphatic hydroxyl groups is 1. The summed E-state index contributed by atoms with van der Waals surface area (Å²) in [5.41, 5.74) is -0.480. The quantitative estimate of drug-likeness (QED) is 0.781. The smallest absolute Gasteiger partial charge is 0.335 e. The van der Waals surface area contributed by atoms with E-state index in [1.54, 1.807) is 14.0 Å². The molecule has 0 aliphatic heterocycles. The van der Waals surface area contributed by atoms with E-state index in [0.29, 0.717) is 6.42 Å². The molecule has 0 fully saturated rings. The van der Waals surface area contributed by atoms with Crippen LogP contribution in [0.15, 0.2) is 24.3 Å². The number of benzene rings is 1. The van der Waals surface area contributed by atoms with Gasteiger partial charge in [-0.15, -0.1) is 0 Å². The number of ether oxygens (including phenoxy) is 1. The molecule has 18 heavy (non-hydrogen) atoms. The van der Waals surface area contributed by atoms with E-state index in [9.17, 15) is 9.90 Å². The van der Waals surface area contributed by atoms with Crippen LogP contribution in [0.1, 0.15) is 31.7 Å². The topological polar surface area (TPSA) is 66.8 Å². The van der Waals surface area contributed by atoms with Gasteiger partial charge in [-0.2, -0.15) is 0 Å². The van der Waals surface area contributed by atoms with Crippen LogP contribution in [0.5, 0.6) is 5.75 Å². The number of hydrogen-bond acceptors (Lipinski definition) is 3. The van der Waals surface area contributed by atoms with Crippen LogP contribution in [0.25, 0.3) is 0 Å². The molecule has 4 nitrogen and oxygen atoms in total. The summed E-state index contributed by atoms with van der Waals surface area (Å²) in [4.78, 5) is 10.9. The maximum atomic E-state index is 10.9. The highest BCUT2D eigenvalue weighted by atomic mass is 16.5. The fourth-order valence-electron chi connectivity index (χ4n) is 1.81. The summed E-state index contributed by atoms with van der Waals surface area (Å²) in [7, 11) is 1.61. The minimum atomic E-state index is -1.59. The van der Waals surface area contributed by atoms with Gasteiger partial charge in [0.15, 0.2) is 5.60 Å². The predicted molar refractivity (Wildman–Crippen MR) is 68.8 cm³/mol. The molecule has 0 amide bonds. The molecular weight excluding hydrogens is 232 g/mol. The van der Waals surface area contributed by atoms with E-state index in [1.165, 1.54) is 0 Å². The van der Waals surface area contributed by atoms with Crippen molar-refractivity contribution in [1.29, 1.82) is 0 Å². The molecule has 1 rings (SSSR count). The van der Waals surface area contributed by atoms with Crippen molar-refractivity contribution in [2.24, 2.45) is 0 Å². The molecular formula is C14H20O4. The van der Waals surface area contributed by atoms with Crippen molar-refractivity contribution in [1.82, 2.24) is 0 Å². The van der Waals surface area contributed by atoms with Crippen LogP contribution in [-0.2, 0) is 11.2 Å². The third kappa shape index (κ3) is 3.74. The van der Waals surface area contributed by atoms with Gasteiger partial charge in [-0.05, 0) is 43.4 Å². The number of carboxylic acids is 1. The number of aliphatic carboxylic acids is 1. The number of aryl methyl sites for hydroxylation is 1. The summed E-state index contributed by atoms with van der Waals surface area (Å²) in [6, 6.07) is 7.65. The van der Waals surface area contributed by atoms with Gasteiger partial charge in [-0.3, -0.25) is 0 Å². The Hall–Kier alpha value is -1.55. The summed E-state index contributed by atoms with van der Waals surface area (Å²) in [5.74, 6) is -0.339. The zero-order valence-electron chi connectivity index (χ0n) is 10.8. The van der Waals surface area contributed by atoms with Gasteiger partial charge >= 0.3 is 5.97 Å². The standard InChI is InChI=1S/C14H20O4/c1-3-14(17,13(15)16)10-4-5-11-6-8-12(18-2)9-7-11/h6-9,17H,3-5,10H2,1-2H3,(H,15,16)/t14-/m1/s1. The minimum absolute atomic E-state index is 0.227. The third-order valence-corrected chi connectivity index (χ3v) is 3.20. The molecule has 1 aromatic rings. The van der Waals surface area contributed by atoms with Crippen LogP contribution in [0, 0.1) is 0 Å². The van der Waals surface area contributed by atoms with Crippen LogP contribution in [0.4, 0.5) is 0 Å². The van der Waals surface area contributed by atoms with Crippen LogP contribution in [-0.4, -0.2) is 28.9 Å². The molecule has 0 radical (unpaired) electrons. The largest absolute Gasteiger partial charge is 0.497 e. The SMILES string of the molecule is CC[C@@](O)(CCCc1ccc(OC)cc1)C(=O)O. The Kier molecular flexibility index (Phi) is 5.16. The fourth-order valence-corrected chi connectivity index (χ4v) is 1.81. The highest BCUT2D eigenvalue weighted by Crippen LogP contribution is 2.20. The van der Waals surface area contributed by atoms with Crippen molar-refractivity contribution in [3.05, 3.63) is 29.8 Å². The number of rotatable bonds is 7. The monoisotopic (exact) mass is 252 g/mol. The highest BCUT2D eigenvalue weighted by molar-refractivity contribution is 5.76. The van der Waals surface area contributed by atoms with Gasteiger partial charge in [0.1, 0.15) is 5.75 Å². The molecule has 1 aromatic carbocycles. The molecule has 2 N–H and O–H groups in total. The minimum Gasteiger partial charge on any atom is -0.497 e. The summed E-state index contributed by atoms with van der Waals surface area (Å²) in [5, 5.41) is 18.8. The molecule has 0 bridgehead atoms. The van der Waals surface area contributed by atoms with Crippen LogP contribution >= 0.6 is 0 Å². The van der Waals surface area contributed by atoms with Crippen molar-refractivity contribution in [2.75, 3.05) is 7.11 Å². The molecule has 0 aliphatic rings. The Morgan fingerprint density at radius 2 is 1.94 bits per heavy atom. The Morgan fingerprint density at radius 3 is 2.39 bits per heavy atom. The van der Waals surface area contributed by atoms with Crippen molar-refractivity contribution >= 4 is 5.97 Å². The van der Waals surface area contributed by atoms with Crippen LogP contribution in [0.3, 0.4) is 0 Å². The van der Waals surface area contributed by atoms with Crippen molar-refractivity contribution < 1.29 is 19.7 Å². The van der Waals surface area contributed by atoms with Gasteiger partial charge in [-0.1, -0.05) is 19.1 Å². The maximum absolute atomic E-state index is 10.9. The second kappa shape index (κ2) is 6.40. The molecule has 0 spiro atoms. The average Bonchev–Trinajstić information content (AvgIpc) is 2.39. The first-order valence-electron chi connectivity index (χ1n) is 6.10. The number of carboxylic acid groups (broad SMARTS) is 1. The summed E-state index contributed by atoms with van der Waals surface area (Å²) in [6.07, 6.45) is 1.89. The first-order chi connectivity index (χ1) is 8.51. The second-order valence-corrected chi connectivity index (χ2v) is 4.39. The predicted octanol–water partition coefficient (Wildman–Crippen LogP) is 2.24. The van der Waals surface area contributed by atoms with Gasteiger partial charge in [0.05, 0.1) is 7.11 Å². The Balaban J connectivity index is 2.47. The molecule has 100 valence electrons. The first kappa shape index (κ1) is 14.5. The van der Waals surface area contributed by atoms with Crippen molar-refractivity contribution in [3.8, 4) is 5.75 Å². The molecule has 0 saturated heterocycles. The van der Waals surface area contributed by atoms with E-state index in [2.05, 4.69) is 0 Å². The van der Waals surface area contributed by atoms with Gasteiger partial charge in [0.2, 0.25) is 0 Å². The van der Waals surface area contributed by atoms with Crippen LogP contribution in [0.2, 0.25) is 0 Å². The lowest BCUT2D eigenvalue weighted by Crippen LogP contribution is -2.37. The molecule has 0 aromatic heterocycles. The molecule has 0 saturated carbocycles. The lowest BCUT2D eigenvalue weighted by molar-refractivity contribution is -0.159. The van der Waals surface area contributed by atoms with E-state index >= 15 is 0 Å². The Bertz CT molecular complexity index is 385. The van der Waals surface area contributed by atoms with Gasteiger partial charge in [-0.25, -0.2) is 4.79 Å². The normalized spacial score (nSPS) is 13.9. The van der Waals surface area contributed by atoms with E-state index in [1.807, 2.05) is 24.3 Å². The van der Waals surface area contributed by atoms with E-state index < -0.39 is 11.6 Å². The first-order valence-corrected chi connectivity index (χ1v) is 6.10. The lowest BCUT2D eigenvalue weighted by Gasteiger charge is -2.21. The molecule has 4 heteroatoms. The molecule has 0 aliphatic carbocycles. The summed E-state index contributed by atoms with van der Waals surface area (Å²) < 4.78 is 5.06.